The maximum Gasteiger partial charge on any atom is 0.230 e. The van der Waals surface area contributed by atoms with Crippen LogP contribution in [0.1, 0.15) is 5.56 Å². The van der Waals surface area contributed by atoms with Gasteiger partial charge in [0.1, 0.15) is 0 Å². The van der Waals surface area contributed by atoms with E-state index in [2.05, 4.69) is 22.4 Å². The number of halogens is 2. The lowest BCUT2D eigenvalue weighted by atomic mass is 10.1. The van der Waals surface area contributed by atoms with Gasteiger partial charge in [0, 0.05) is 5.39 Å². The molecule has 124 valence electrons. The third kappa shape index (κ3) is 3.33. The molecule has 4 aromatic rings. The highest BCUT2D eigenvalue weighted by Gasteiger charge is 2.11. The van der Waals surface area contributed by atoms with Gasteiger partial charge in [0.2, 0.25) is 5.91 Å². The highest BCUT2D eigenvalue weighted by atomic mass is 35.5. The van der Waals surface area contributed by atoms with Crippen LogP contribution in [0.5, 0.6) is 0 Å². The lowest BCUT2D eigenvalue weighted by Crippen LogP contribution is -2.14. The molecule has 3 aromatic carbocycles. The molecule has 0 radical (unpaired) electrons. The number of hydrogen-bond acceptors (Lipinski definition) is 3. The summed E-state index contributed by atoms with van der Waals surface area (Å²) in [6.07, 6.45) is 0.216. The Morgan fingerprint density at radius 2 is 1.88 bits per heavy atom. The number of nitrogens with one attached hydrogen (secondary N) is 1. The Bertz CT molecular complexity index is 1110. The number of nitrogens with zero attached hydrogens (tertiary/aromatic N) is 1. The van der Waals surface area contributed by atoms with Gasteiger partial charge in [0.05, 0.1) is 26.7 Å². The summed E-state index contributed by atoms with van der Waals surface area (Å²) in [6, 6.07) is 17.4. The van der Waals surface area contributed by atoms with Crippen molar-refractivity contribution >= 4 is 66.6 Å². The molecule has 0 saturated heterocycles. The molecule has 6 heteroatoms. The molecule has 1 N–H and O–H groups in total. The summed E-state index contributed by atoms with van der Waals surface area (Å²) in [4.78, 5) is 16.9. The van der Waals surface area contributed by atoms with Crippen LogP contribution >= 0.6 is 34.5 Å². The molecule has 0 fully saturated rings. The summed E-state index contributed by atoms with van der Waals surface area (Å²) in [6.45, 7) is 0. The van der Waals surface area contributed by atoms with Crippen LogP contribution in [0, 0.1) is 0 Å². The summed E-state index contributed by atoms with van der Waals surface area (Å²) in [5, 5.41) is 6.60. The zero-order valence-corrected chi connectivity index (χ0v) is 15.3. The number of amides is 1. The smallest absolute Gasteiger partial charge is 0.230 e. The molecule has 0 spiro atoms. The quantitative estimate of drug-likeness (QED) is 0.473. The lowest BCUT2D eigenvalue weighted by molar-refractivity contribution is -0.115. The number of carbonyl (C=O) groups is 1. The van der Waals surface area contributed by atoms with Crippen molar-refractivity contribution in [2.45, 2.75) is 6.42 Å². The molecular weight excluding hydrogens is 375 g/mol. The monoisotopic (exact) mass is 386 g/mol. The SMILES string of the molecule is O=C(Cc1ccc(Cl)c(Cl)c1)Nc1nc2c(ccc3ccccc32)s1. The molecule has 0 aliphatic rings. The van der Waals surface area contributed by atoms with Crippen LogP contribution in [0.4, 0.5) is 5.13 Å². The molecule has 0 aliphatic heterocycles. The molecular formula is C19H12Cl2N2OS. The third-order valence-corrected chi connectivity index (χ3v) is 5.55. The number of aromatic nitrogens is 1. The van der Waals surface area contributed by atoms with Crippen molar-refractivity contribution in [1.82, 2.24) is 4.98 Å². The van der Waals surface area contributed by atoms with Crippen molar-refractivity contribution in [3.8, 4) is 0 Å². The predicted octanol–water partition coefficient (Wildman–Crippen LogP) is 5.94. The standard InChI is InChI=1S/C19H12Cl2N2OS/c20-14-7-5-11(9-15(14)21)10-17(24)22-19-23-18-13-4-2-1-3-12(13)6-8-16(18)25-19/h1-9H,10H2,(H,22,23,24). The molecule has 1 aromatic heterocycles. The topological polar surface area (TPSA) is 42.0 Å². The number of rotatable bonds is 3. The van der Waals surface area contributed by atoms with E-state index in [9.17, 15) is 4.79 Å². The normalized spacial score (nSPS) is 11.1. The molecule has 1 heterocycles. The molecule has 1 amide bonds. The van der Waals surface area contributed by atoms with Gasteiger partial charge >= 0.3 is 0 Å². The third-order valence-electron chi connectivity index (χ3n) is 3.88. The minimum Gasteiger partial charge on any atom is -0.302 e. The van der Waals surface area contributed by atoms with Crippen molar-refractivity contribution in [3.05, 3.63) is 70.2 Å². The Labute approximate surface area is 158 Å². The zero-order valence-electron chi connectivity index (χ0n) is 12.9. The van der Waals surface area contributed by atoms with E-state index in [0.29, 0.717) is 15.2 Å². The van der Waals surface area contributed by atoms with E-state index in [1.807, 2.05) is 24.3 Å². The number of anilines is 1. The summed E-state index contributed by atoms with van der Waals surface area (Å²) >= 11 is 13.4. The van der Waals surface area contributed by atoms with Gasteiger partial charge in [-0.15, -0.1) is 0 Å². The van der Waals surface area contributed by atoms with Gasteiger partial charge in [-0.05, 0) is 29.1 Å². The van der Waals surface area contributed by atoms with E-state index in [1.165, 1.54) is 11.3 Å². The first kappa shape index (κ1) is 16.3. The minimum atomic E-state index is -0.137. The van der Waals surface area contributed by atoms with Crippen molar-refractivity contribution in [2.24, 2.45) is 0 Å². The van der Waals surface area contributed by atoms with E-state index in [1.54, 1.807) is 18.2 Å². The van der Waals surface area contributed by atoms with E-state index in [4.69, 9.17) is 23.2 Å². The average Bonchev–Trinajstić information content (AvgIpc) is 3.01. The van der Waals surface area contributed by atoms with Crippen LogP contribution in [0.15, 0.2) is 54.6 Å². The van der Waals surface area contributed by atoms with E-state index >= 15 is 0 Å². The molecule has 0 aliphatic carbocycles. The van der Waals surface area contributed by atoms with Gasteiger partial charge in [-0.3, -0.25) is 4.79 Å². The van der Waals surface area contributed by atoms with Crippen LogP contribution in [0.3, 0.4) is 0 Å². The molecule has 0 atom stereocenters. The number of fused-ring (bicyclic) bond motifs is 3. The average molecular weight is 387 g/mol. The zero-order chi connectivity index (χ0) is 17.4. The second kappa shape index (κ2) is 6.64. The summed E-state index contributed by atoms with van der Waals surface area (Å²) < 4.78 is 1.04. The number of carbonyl (C=O) groups excluding carboxylic acids is 1. The molecule has 0 saturated carbocycles. The summed E-state index contributed by atoms with van der Waals surface area (Å²) in [5.41, 5.74) is 1.71. The molecule has 4 rings (SSSR count). The summed E-state index contributed by atoms with van der Waals surface area (Å²) in [7, 11) is 0. The highest BCUT2D eigenvalue weighted by molar-refractivity contribution is 7.22. The predicted molar refractivity (Wildman–Crippen MR) is 106 cm³/mol. The van der Waals surface area contributed by atoms with E-state index in [0.717, 1.165) is 26.6 Å². The van der Waals surface area contributed by atoms with Crippen LogP contribution in [-0.2, 0) is 11.2 Å². The maximum absolute atomic E-state index is 12.3. The maximum atomic E-state index is 12.3. The number of benzene rings is 3. The second-order valence-electron chi connectivity index (χ2n) is 5.63. The van der Waals surface area contributed by atoms with Gasteiger partial charge in [-0.25, -0.2) is 4.98 Å². The number of hydrogen-bond donors (Lipinski definition) is 1. The van der Waals surface area contributed by atoms with Gasteiger partial charge in [-0.1, -0.05) is 70.9 Å². The van der Waals surface area contributed by atoms with E-state index < -0.39 is 0 Å². The van der Waals surface area contributed by atoms with Crippen molar-refractivity contribution in [1.29, 1.82) is 0 Å². The Morgan fingerprint density at radius 1 is 1.04 bits per heavy atom. The van der Waals surface area contributed by atoms with E-state index in [-0.39, 0.29) is 12.3 Å². The second-order valence-corrected chi connectivity index (χ2v) is 7.47. The molecule has 3 nitrogen and oxygen atoms in total. The Balaban J connectivity index is 1.58. The van der Waals surface area contributed by atoms with Gasteiger partial charge in [0.25, 0.3) is 0 Å². The highest BCUT2D eigenvalue weighted by Crippen LogP contribution is 2.31. The van der Waals surface area contributed by atoms with Crippen molar-refractivity contribution in [3.63, 3.8) is 0 Å². The molecule has 0 bridgehead atoms. The fourth-order valence-corrected chi connectivity index (χ4v) is 3.93. The van der Waals surface area contributed by atoms with Crippen molar-refractivity contribution in [2.75, 3.05) is 5.32 Å². The van der Waals surface area contributed by atoms with Crippen LogP contribution in [-0.4, -0.2) is 10.9 Å². The van der Waals surface area contributed by atoms with Gasteiger partial charge < -0.3 is 5.32 Å². The minimum absolute atomic E-state index is 0.137. The molecule has 0 unspecified atom stereocenters. The molecule has 25 heavy (non-hydrogen) atoms. The Morgan fingerprint density at radius 3 is 2.72 bits per heavy atom. The fraction of sp³-hybridized carbons (Fsp3) is 0.0526. The Kier molecular flexibility index (Phi) is 4.34. The van der Waals surface area contributed by atoms with Crippen LogP contribution in [0.25, 0.3) is 21.0 Å². The fourth-order valence-electron chi connectivity index (χ4n) is 2.71. The van der Waals surface area contributed by atoms with Crippen LogP contribution in [0.2, 0.25) is 10.0 Å². The first-order valence-corrected chi connectivity index (χ1v) is 9.19. The van der Waals surface area contributed by atoms with Gasteiger partial charge in [-0.2, -0.15) is 0 Å². The Hall–Kier alpha value is -2.14. The number of thiazole rings is 1. The largest absolute Gasteiger partial charge is 0.302 e. The van der Waals surface area contributed by atoms with Crippen molar-refractivity contribution < 1.29 is 4.79 Å². The van der Waals surface area contributed by atoms with Gasteiger partial charge in [0.15, 0.2) is 5.13 Å². The van der Waals surface area contributed by atoms with Crippen LogP contribution < -0.4 is 5.32 Å². The first-order valence-electron chi connectivity index (χ1n) is 7.62. The summed E-state index contributed by atoms with van der Waals surface area (Å²) in [5.74, 6) is -0.137. The lowest BCUT2D eigenvalue weighted by Gasteiger charge is -2.03. The first-order chi connectivity index (χ1) is 12.1.